The maximum atomic E-state index is 5.83. The Morgan fingerprint density at radius 2 is 2.10 bits per heavy atom. The summed E-state index contributed by atoms with van der Waals surface area (Å²) in [7, 11) is 0. The largest absolute Gasteiger partial charge is 0.492 e. The molecular weight excluding hydrogens is 254 g/mol. The molecule has 0 N–H and O–H groups in total. The molecule has 0 spiro atoms. The number of hydrogen-bond acceptors (Lipinski definition) is 5. The highest BCUT2D eigenvalue weighted by Gasteiger charge is 2.38. The van der Waals surface area contributed by atoms with Gasteiger partial charge in [-0.3, -0.25) is 4.90 Å². The predicted molar refractivity (Wildman–Crippen MR) is 73.3 cm³/mol. The molecule has 0 bridgehead atoms. The number of benzene rings is 1. The first kappa shape index (κ1) is 11.9. The molecule has 1 saturated carbocycles. The van der Waals surface area contributed by atoms with Crippen LogP contribution in [0.25, 0.3) is 11.5 Å². The van der Waals surface area contributed by atoms with Gasteiger partial charge >= 0.3 is 0 Å². The first-order valence-corrected chi connectivity index (χ1v) is 7.12. The molecule has 1 saturated heterocycles. The lowest BCUT2D eigenvalue weighted by Crippen LogP contribution is -2.12. The van der Waals surface area contributed by atoms with E-state index in [1.807, 2.05) is 24.3 Å². The Bertz CT molecular complexity index is 563. The van der Waals surface area contributed by atoms with E-state index in [0.717, 1.165) is 23.8 Å². The SMILES string of the molecule is c1nnc(-c2ccc(OCC3CN3CC3CC3)cc2)o1. The highest BCUT2D eigenvalue weighted by atomic mass is 16.5. The van der Waals surface area contributed by atoms with Crippen molar-refractivity contribution in [2.45, 2.75) is 18.9 Å². The molecule has 104 valence electrons. The molecule has 1 aromatic heterocycles. The van der Waals surface area contributed by atoms with Gasteiger partial charge in [-0.15, -0.1) is 10.2 Å². The molecule has 2 atom stereocenters. The number of rotatable bonds is 6. The van der Waals surface area contributed by atoms with E-state index < -0.39 is 0 Å². The molecule has 2 fully saturated rings. The smallest absolute Gasteiger partial charge is 0.247 e. The van der Waals surface area contributed by atoms with Gasteiger partial charge in [0.2, 0.25) is 12.3 Å². The van der Waals surface area contributed by atoms with Gasteiger partial charge < -0.3 is 9.15 Å². The fourth-order valence-corrected chi connectivity index (χ4v) is 2.42. The van der Waals surface area contributed by atoms with E-state index in [1.54, 1.807) is 0 Å². The van der Waals surface area contributed by atoms with Crippen LogP contribution in [0.5, 0.6) is 5.75 Å². The molecular formula is C15H17N3O2. The molecule has 1 aromatic carbocycles. The fourth-order valence-electron chi connectivity index (χ4n) is 2.42. The molecule has 2 aromatic rings. The van der Waals surface area contributed by atoms with Gasteiger partial charge in [-0.2, -0.15) is 0 Å². The van der Waals surface area contributed by atoms with Crippen molar-refractivity contribution >= 4 is 0 Å². The minimum atomic E-state index is 0.536. The van der Waals surface area contributed by atoms with Crippen molar-refractivity contribution in [1.82, 2.24) is 15.1 Å². The maximum Gasteiger partial charge on any atom is 0.247 e. The van der Waals surface area contributed by atoms with Gasteiger partial charge in [0, 0.05) is 18.7 Å². The lowest BCUT2D eigenvalue weighted by atomic mass is 10.2. The molecule has 0 amide bonds. The lowest BCUT2D eigenvalue weighted by molar-refractivity contribution is 0.292. The quantitative estimate of drug-likeness (QED) is 0.754. The van der Waals surface area contributed by atoms with E-state index in [-0.39, 0.29) is 0 Å². The number of ether oxygens (including phenoxy) is 1. The van der Waals surface area contributed by atoms with Gasteiger partial charge in [-0.1, -0.05) is 0 Å². The second-order valence-corrected chi connectivity index (χ2v) is 5.63. The molecule has 1 aliphatic heterocycles. The monoisotopic (exact) mass is 271 g/mol. The van der Waals surface area contributed by atoms with Gasteiger partial charge in [0.25, 0.3) is 0 Å². The van der Waals surface area contributed by atoms with Crippen molar-refractivity contribution in [3.8, 4) is 17.2 Å². The van der Waals surface area contributed by atoms with Gasteiger partial charge in [-0.05, 0) is 43.0 Å². The van der Waals surface area contributed by atoms with Crippen LogP contribution in [-0.4, -0.2) is 40.8 Å². The third-order valence-electron chi connectivity index (χ3n) is 3.92. The van der Waals surface area contributed by atoms with Crippen LogP contribution < -0.4 is 4.74 Å². The van der Waals surface area contributed by atoms with Crippen molar-refractivity contribution in [2.75, 3.05) is 19.7 Å². The van der Waals surface area contributed by atoms with Crippen LogP contribution in [0.2, 0.25) is 0 Å². The highest BCUT2D eigenvalue weighted by molar-refractivity contribution is 5.53. The molecule has 5 heteroatoms. The molecule has 4 rings (SSSR count). The Morgan fingerprint density at radius 3 is 2.80 bits per heavy atom. The summed E-state index contributed by atoms with van der Waals surface area (Å²) < 4.78 is 11.0. The summed E-state index contributed by atoms with van der Waals surface area (Å²) in [4.78, 5) is 2.50. The van der Waals surface area contributed by atoms with E-state index in [1.165, 1.54) is 32.3 Å². The fraction of sp³-hybridized carbons (Fsp3) is 0.467. The molecule has 1 aliphatic carbocycles. The van der Waals surface area contributed by atoms with Gasteiger partial charge in [0.05, 0.1) is 6.04 Å². The van der Waals surface area contributed by atoms with Crippen LogP contribution in [0.4, 0.5) is 0 Å². The van der Waals surface area contributed by atoms with Crippen LogP contribution in [0.15, 0.2) is 35.1 Å². The van der Waals surface area contributed by atoms with Gasteiger partial charge in [-0.25, -0.2) is 0 Å². The van der Waals surface area contributed by atoms with Crippen molar-refractivity contribution < 1.29 is 9.15 Å². The van der Waals surface area contributed by atoms with Crippen molar-refractivity contribution in [3.05, 3.63) is 30.7 Å². The van der Waals surface area contributed by atoms with E-state index >= 15 is 0 Å². The molecule has 2 unspecified atom stereocenters. The summed E-state index contributed by atoms with van der Waals surface area (Å²) in [6.07, 6.45) is 4.17. The molecule has 5 nitrogen and oxygen atoms in total. The predicted octanol–water partition coefficient (Wildman–Crippen LogP) is 2.21. The number of aromatic nitrogens is 2. The van der Waals surface area contributed by atoms with E-state index in [0.29, 0.717) is 11.9 Å². The van der Waals surface area contributed by atoms with Crippen LogP contribution in [0.1, 0.15) is 12.8 Å². The van der Waals surface area contributed by atoms with Crippen LogP contribution in [0, 0.1) is 5.92 Å². The Hall–Kier alpha value is -1.88. The van der Waals surface area contributed by atoms with Crippen LogP contribution in [0.3, 0.4) is 0 Å². The van der Waals surface area contributed by atoms with E-state index in [4.69, 9.17) is 9.15 Å². The Morgan fingerprint density at radius 1 is 1.25 bits per heavy atom. The molecule has 20 heavy (non-hydrogen) atoms. The average molecular weight is 271 g/mol. The summed E-state index contributed by atoms with van der Waals surface area (Å²) in [6.45, 7) is 3.24. The molecule has 2 aliphatic rings. The summed E-state index contributed by atoms with van der Waals surface area (Å²) in [5.74, 6) is 2.40. The molecule has 2 heterocycles. The van der Waals surface area contributed by atoms with E-state index in [2.05, 4.69) is 15.1 Å². The lowest BCUT2D eigenvalue weighted by Gasteiger charge is -2.06. The Balaban J connectivity index is 1.29. The van der Waals surface area contributed by atoms with Crippen LogP contribution >= 0.6 is 0 Å². The first-order chi connectivity index (χ1) is 9.88. The summed E-state index contributed by atoms with van der Waals surface area (Å²) >= 11 is 0. The number of hydrogen-bond donors (Lipinski definition) is 0. The summed E-state index contributed by atoms with van der Waals surface area (Å²) in [6, 6.07) is 8.40. The summed E-state index contributed by atoms with van der Waals surface area (Å²) in [5.41, 5.74) is 0.914. The zero-order valence-corrected chi connectivity index (χ0v) is 11.2. The van der Waals surface area contributed by atoms with Crippen molar-refractivity contribution in [3.63, 3.8) is 0 Å². The van der Waals surface area contributed by atoms with Crippen molar-refractivity contribution in [1.29, 1.82) is 0 Å². The number of nitrogens with zero attached hydrogens (tertiary/aromatic N) is 3. The second kappa shape index (κ2) is 4.90. The Kier molecular flexibility index (Phi) is 2.92. The van der Waals surface area contributed by atoms with Gasteiger partial charge in [0.15, 0.2) is 0 Å². The van der Waals surface area contributed by atoms with Crippen molar-refractivity contribution in [2.24, 2.45) is 5.92 Å². The molecule has 0 radical (unpaired) electrons. The van der Waals surface area contributed by atoms with E-state index in [9.17, 15) is 0 Å². The highest BCUT2D eigenvalue weighted by Crippen LogP contribution is 2.33. The summed E-state index contributed by atoms with van der Waals surface area (Å²) in [5, 5.41) is 7.55. The zero-order chi connectivity index (χ0) is 13.4. The normalized spacial score (nSPS) is 24.6. The topological polar surface area (TPSA) is 51.2 Å². The first-order valence-electron chi connectivity index (χ1n) is 7.12. The average Bonchev–Trinajstić information content (AvgIpc) is 3.39. The third-order valence-corrected chi connectivity index (χ3v) is 3.92. The zero-order valence-electron chi connectivity index (χ0n) is 11.2. The second-order valence-electron chi connectivity index (χ2n) is 5.63. The minimum absolute atomic E-state index is 0.536. The van der Waals surface area contributed by atoms with Gasteiger partial charge in [0.1, 0.15) is 12.4 Å². The Labute approximate surface area is 117 Å². The minimum Gasteiger partial charge on any atom is -0.492 e. The maximum absolute atomic E-state index is 5.83. The standard InChI is InChI=1S/C15H17N3O2/c1-2-11(1)7-18-8-13(18)9-19-14-5-3-12(4-6-14)15-17-16-10-20-15/h3-6,10-11,13H,1-2,7-9H2. The third kappa shape index (κ3) is 2.67. The van der Waals surface area contributed by atoms with Crippen LogP contribution in [-0.2, 0) is 0 Å².